The largest absolute Gasteiger partial charge is 0.508 e. The van der Waals surface area contributed by atoms with Crippen LogP contribution in [-0.2, 0) is 0 Å². The molecule has 0 fully saturated rings. The van der Waals surface area contributed by atoms with E-state index < -0.39 is 6.10 Å². The van der Waals surface area contributed by atoms with E-state index in [1.54, 1.807) is 17.8 Å². The number of thioether (sulfide) groups is 1. The van der Waals surface area contributed by atoms with Crippen LogP contribution in [0.5, 0.6) is 5.75 Å². The van der Waals surface area contributed by atoms with Crippen molar-refractivity contribution in [2.45, 2.75) is 56.4 Å². The molecule has 0 saturated carbocycles. The Morgan fingerprint density at radius 3 is 2.56 bits per heavy atom. The summed E-state index contributed by atoms with van der Waals surface area (Å²) in [5.74, 6) is 1.14. The van der Waals surface area contributed by atoms with Gasteiger partial charge in [-0.05, 0) is 36.1 Å². The second-order valence-electron chi connectivity index (χ2n) is 7.16. The molecule has 0 aliphatic carbocycles. The smallest absolute Gasteiger partial charge is 0.116 e. The summed E-state index contributed by atoms with van der Waals surface area (Å²) >= 11 is 1.79. The summed E-state index contributed by atoms with van der Waals surface area (Å²) in [6.45, 7) is 4.41. The molecule has 25 heavy (non-hydrogen) atoms. The Hall–Kier alpha value is -1.45. The van der Waals surface area contributed by atoms with Crippen LogP contribution in [-0.4, -0.2) is 22.1 Å². The van der Waals surface area contributed by atoms with Crippen LogP contribution >= 0.6 is 11.8 Å². The van der Waals surface area contributed by atoms with Crippen LogP contribution < -0.4 is 0 Å². The minimum Gasteiger partial charge on any atom is -0.508 e. The second kappa shape index (κ2) is 7.84. The fraction of sp³-hybridized carbons (Fsp3) is 0.455. The van der Waals surface area contributed by atoms with E-state index in [1.807, 2.05) is 30.3 Å². The normalized spacial score (nSPS) is 26.0. The molecule has 3 heteroatoms. The van der Waals surface area contributed by atoms with Gasteiger partial charge in [-0.2, -0.15) is 0 Å². The highest BCUT2D eigenvalue weighted by atomic mass is 32.2. The summed E-state index contributed by atoms with van der Waals surface area (Å²) in [6.07, 6.45) is 3.85. The lowest BCUT2D eigenvalue weighted by atomic mass is 9.69. The van der Waals surface area contributed by atoms with Crippen LogP contribution in [0, 0.1) is 5.41 Å². The summed E-state index contributed by atoms with van der Waals surface area (Å²) in [4.78, 5) is 1.10. The molecular weight excluding hydrogens is 328 g/mol. The fourth-order valence-electron chi connectivity index (χ4n) is 3.99. The molecule has 2 N–H and O–H groups in total. The summed E-state index contributed by atoms with van der Waals surface area (Å²) in [6, 6.07) is 15.9. The molecule has 1 aliphatic rings. The maximum atomic E-state index is 11.6. The summed E-state index contributed by atoms with van der Waals surface area (Å²) in [5, 5.41) is 21.5. The van der Waals surface area contributed by atoms with Crippen molar-refractivity contribution < 1.29 is 10.2 Å². The van der Waals surface area contributed by atoms with Gasteiger partial charge in [0.1, 0.15) is 5.75 Å². The van der Waals surface area contributed by atoms with Gasteiger partial charge in [-0.15, -0.1) is 11.8 Å². The molecule has 3 rings (SSSR count). The number of rotatable bonds is 5. The first-order valence-corrected chi connectivity index (χ1v) is 10.3. The van der Waals surface area contributed by atoms with Gasteiger partial charge in [0.15, 0.2) is 0 Å². The minimum absolute atomic E-state index is 0.0522. The molecule has 0 radical (unpaired) electrons. The van der Waals surface area contributed by atoms with E-state index in [2.05, 4.69) is 26.0 Å². The van der Waals surface area contributed by atoms with E-state index in [4.69, 9.17) is 0 Å². The fourth-order valence-corrected chi connectivity index (χ4v) is 5.52. The molecule has 3 atom stereocenters. The molecule has 134 valence electrons. The molecule has 0 amide bonds. The van der Waals surface area contributed by atoms with Gasteiger partial charge in [0.25, 0.3) is 0 Å². The quantitative estimate of drug-likeness (QED) is 0.735. The highest BCUT2D eigenvalue weighted by Crippen LogP contribution is 2.51. The second-order valence-corrected chi connectivity index (χ2v) is 8.18. The predicted molar refractivity (Wildman–Crippen MR) is 105 cm³/mol. The van der Waals surface area contributed by atoms with Crippen molar-refractivity contribution in [3.8, 4) is 5.75 Å². The molecule has 2 aromatic rings. The molecule has 1 heterocycles. The lowest BCUT2D eigenvalue weighted by Gasteiger charge is -2.39. The van der Waals surface area contributed by atoms with Gasteiger partial charge in [-0.3, -0.25) is 0 Å². The Balaban J connectivity index is 2.12. The molecule has 0 unspecified atom stereocenters. The number of benzene rings is 2. The van der Waals surface area contributed by atoms with Crippen LogP contribution in [0.15, 0.2) is 53.4 Å². The average molecular weight is 357 g/mol. The lowest BCUT2D eigenvalue weighted by molar-refractivity contribution is 0.0182. The highest BCUT2D eigenvalue weighted by Gasteiger charge is 2.44. The minimum atomic E-state index is -0.426. The SMILES string of the molecule is CCCC[C@]1(CC)CSc2cc(O)ccc2[C@@H](c2ccccc2)[C@H]1O. The van der Waals surface area contributed by atoms with E-state index in [1.165, 1.54) is 0 Å². The van der Waals surface area contributed by atoms with E-state index in [0.717, 1.165) is 47.5 Å². The highest BCUT2D eigenvalue weighted by molar-refractivity contribution is 7.99. The topological polar surface area (TPSA) is 40.5 Å². The van der Waals surface area contributed by atoms with Crippen LogP contribution in [0.3, 0.4) is 0 Å². The Labute approximate surface area is 155 Å². The molecule has 0 saturated heterocycles. The van der Waals surface area contributed by atoms with Crippen LogP contribution in [0.4, 0.5) is 0 Å². The van der Waals surface area contributed by atoms with Gasteiger partial charge >= 0.3 is 0 Å². The van der Waals surface area contributed by atoms with E-state index in [-0.39, 0.29) is 11.3 Å². The van der Waals surface area contributed by atoms with E-state index in [9.17, 15) is 10.2 Å². The number of phenolic OH excluding ortho intramolecular Hbond substituents is 1. The number of aliphatic hydroxyl groups excluding tert-OH is 1. The molecule has 0 bridgehead atoms. The molecule has 0 aromatic heterocycles. The predicted octanol–water partition coefficient (Wildman–Crippen LogP) is 5.58. The first-order valence-electron chi connectivity index (χ1n) is 9.30. The first kappa shape index (κ1) is 18.3. The van der Waals surface area contributed by atoms with Crippen LogP contribution in [0.2, 0.25) is 0 Å². The first-order chi connectivity index (χ1) is 12.1. The Morgan fingerprint density at radius 2 is 1.88 bits per heavy atom. The zero-order chi connectivity index (χ0) is 17.9. The zero-order valence-electron chi connectivity index (χ0n) is 15.1. The molecular formula is C22H28O2S. The van der Waals surface area contributed by atoms with Crippen molar-refractivity contribution in [1.29, 1.82) is 0 Å². The molecule has 2 nitrogen and oxygen atoms in total. The van der Waals surface area contributed by atoms with Gasteiger partial charge in [0.05, 0.1) is 6.10 Å². The summed E-state index contributed by atoms with van der Waals surface area (Å²) < 4.78 is 0. The number of phenols is 1. The van der Waals surface area contributed by atoms with Crippen molar-refractivity contribution in [2.75, 3.05) is 5.75 Å². The summed E-state index contributed by atoms with van der Waals surface area (Å²) in [5.41, 5.74) is 2.18. The maximum Gasteiger partial charge on any atom is 0.116 e. The van der Waals surface area contributed by atoms with E-state index in [0.29, 0.717) is 5.75 Å². The number of unbranched alkanes of at least 4 members (excludes halogenated alkanes) is 1. The van der Waals surface area contributed by atoms with Gasteiger partial charge < -0.3 is 10.2 Å². The van der Waals surface area contributed by atoms with Crippen LogP contribution in [0.1, 0.15) is 56.6 Å². The van der Waals surface area contributed by atoms with Crippen LogP contribution in [0.25, 0.3) is 0 Å². The standard InChI is InChI=1S/C22H28O2S/c1-3-5-13-22(4-2)15-25-19-14-17(23)11-12-18(19)20(21(22)24)16-9-7-6-8-10-16/h6-12,14,20-21,23-24H,3-5,13,15H2,1-2H3/t20-,21-,22-/m1/s1. The number of hydrogen-bond donors (Lipinski definition) is 2. The van der Waals surface area contributed by atoms with Crippen molar-refractivity contribution in [3.05, 3.63) is 59.7 Å². The molecule has 0 spiro atoms. The maximum absolute atomic E-state index is 11.6. The monoisotopic (exact) mass is 356 g/mol. The Morgan fingerprint density at radius 1 is 1.12 bits per heavy atom. The molecule has 2 aromatic carbocycles. The van der Waals surface area contributed by atoms with Crippen molar-refractivity contribution in [3.63, 3.8) is 0 Å². The average Bonchev–Trinajstić information content (AvgIpc) is 2.76. The number of hydrogen-bond acceptors (Lipinski definition) is 3. The van der Waals surface area contributed by atoms with E-state index >= 15 is 0 Å². The summed E-state index contributed by atoms with van der Waals surface area (Å²) in [7, 11) is 0. The number of aromatic hydroxyl groups is 1. The van der Waals surface area contributed by atoms with Crippen molar-refractivity contribution >= 4 is 11.8 Å². The third kappa shape index (κ3) is 3.58. The van der Waals surface area contributed by atoms with Gasteiger partial charge in [0.2, 0.25) is 0 Å². The lowest BCUT2D eigenvalue weighted by Crippen LogP contribution is -2.40. The van der Waals surface area contributed by atoms with Gasteiger partial charge in [-0.1, -0.05) is 63.1 Å². The Bertz CT molecular complexity index is 700. The van der Waals surface area contributed by atoms with Gasteiger partial charge in [0, 0.05) is 22.0 Å². The number of fused-ring (bicyclic) bond motifs is 1. The number of aliphatic hydroxyl groups is 1. The third-order valence-corrected chi connectivity index (χ3v) is 7.07. The van der Waals surface area contributed by atoms with Crippen molar-refractivity contribution in [1.82, 2.24) is 0 Å². The Kier molecular flexibility index (Phi) is 5.75. The zero-order valence-corrected chi connectivity index (χ0v) is 15.9. The third-order valence-electron chi connectivity index (χ3n) is 5.68. The molecule has 1 aliphatic heterocycles. The van der Waals surface area contributed by atoms with Crippen molar-refractivity contribution in [2.24, 2.45) is 5.41 Å². The van der Waals surface area contributed by atoms with Gasteiger partial charge in [-0.25, -0.2) is 0 Å².